The first kappa shape index (κ1) is 13.5. The third kappa shape index (κ3) is 3.44. The number of likely N-dealkylation sites (tertiary alicyclic amines) is 1. The molecule has 0 radical (unpaired) electrons. The molecular weight excluding hydrogens is 224 g/mol. The van der Waals surface area contributed by atoms with Gasteiger partial charge in [0.2, 0.25) is 5.91 Å². The Morgan fingerprint density at radius 3 is 2.47 bits per heavy atom. The summed E-state index contributed by atoms with van der Waals surface area (Å²) >= 11 is 0. The lowest BCUT2D eigenvalue weighted by Crippen LogP contribution is -2.50. The summed E-state index contributed by atoms with van der Waals surface area (Å²) in [5.41, 5.74) is 0. The van der Waals surface area contributed by atoms with E-state index in [0.29, 0.717) is 13.0 Å². The molecule has 1 fully saturated rings. The van der Waals surface area contributed by atoms with Gasteiger partial charge in [-0.25, -0.2) is 4.79 Å². The molecule has 1 heterocycles. The molecular formula is C11H18N2O4. The molecule has 0 bridgehead atoms. The van der Waals surface area contributed by atoms with Crippen molar-refractivity contribution in [2.75, 3.05) is 20.2 Å². The molecule has 1 saturated heterocycles. The molecule has 17 heavy (non-hydrogen) atoms. The van der Waals surface area contributed by atoms with E-state index in [1.165, 1.54) is 12.0 Å². The summed E-state index contributed by atoms with van der Waals surface area (Å²) in [6.07, 6.45) is -0.239. The first-order valence-corrected chi connectivity index (χ1v) is 5.60. The van der Waals surface area contributed by atoms with Gasteiger partial charge in [0.15, 0.2) is 5.78 Å². The van der Waals surface area contributed by atoms with Crippen LogP contribution in [0.5, 0.6) is 0 Å². The highest BCUT2D eigenvalue weighted by atomic mass is 16.5. The zero-order valence-electron chi connectivity index (χ0n) is 10.4. The predicted octanol–water partition coefficient (Wildman–Crippen LogP) is 0.168. The number of amides is 2. The maximum absolute atomic E-state index is 12.1. The van der Waals surface area contributed by atoms with Crippen molar-refractivity contribution >= 4 is 17.8 Å². The minimum absolute atomic E-state index is 0.0546. The quantitative estimate of drug-likeness (QED) is 0.765. The smallest absolute Gasteiger partial charge is 0.407 e. The van der Waals surface area contributed by atoms with Crippen LogP contribution in [0.3, 0.4) is 0 Å². The maximum Gasteiger partial charge on any atom is 0.407 e. The van der Waals surface area contributed by atoms with E-state index in [1.54, 1.807) is 0 Å². The average molecular weight is 242 g/mol. The Morgan fingerprint density at radius 2 is 2.06 bits per heavy atom. The van der Waals surface area contributed by atoms with Gasteiger partial charge in [0.1, 0.15) is 6.04 Å². The number of carbonyl (C=O) groups excluding carboxylic acids is 3. The predicted molar refractivity (Wildman–Crippen MR) is 60.4 cm³/mol. The highest BCUT2D eigenvalue weighted by Gasteiger charge is 2.32. The van der Waals surface area contributed by atoms with Gasteiger partial charge in [-0.1, -0.05) is 13.8 Å². The third-order valence-corrected chi connectivity index (χ3v) is 2.73. The zero-order valence-corrected chi connectivity index (χ0v) is 10.4. The summed E-state index contributed by atoms with van der Waals surface area (Å²) in [5.74, 6) is -0.229. The van der Waals surface area contributed by atoms with Crippen LogP contribution in [0.15, 0.2) is 0 Å². The fourth-order valence-corrected chi connectivity index (χ4v) is 1.71. The zero-order chi connectivity index (χ0) is 13.0. The van der Waals surface area contributed by atoms with Crippen LogP contribution >= 0.6 is 0 Å². The second-order valence-electron chi connectivity index (χ2n) is 4.41. The number of ketones is 1. The van der Waals surface area contributed by atoms with Gasteiger partial charge in [0.05, 0.1) is 13.7 Å². The van der Waals surface area contributed by atoms with Crippen LogP contribution in [0.25, 0.3) is 0 Å². The first-order valence-electron chi connectivity index (χ1n) is 5.60. The summed E-state index contributed by atoms with van der Waals surface area (Å²) in [6.45, 7) is 4.24. The summed E-state index contributed by atoms with van der Waals surface area (Å²) in [7, 11) is 1.25. The number of ether oxygens (including phenoxy) is 1. The standard InChI is InChI=1S/C11H18N2O4/c1-7(2)9(12-11(16)17-3)10(15)13-5-4-8(14)6-13/h7,9H,4-6H2,1-3H3,(H,12,16). The van der Waals surface area contributed by atoms with Gasteiger partial charge in [0.25, 0.3) is 0 Å². The van der Waals surface area contributed by atoms with Gasteiger partial charge in [-0.3, -0.25) is 9.59 Å². The SMILES string of the molecule is COC(=O)NC(C(=O)N1CCC(=O)C1)C(C)C. The Labute approximate surface area is 100 Å². The highest BCUT2D eigenvalue weighted by Crippen LogP contribution is 2.11. The molecule has 0 aliphatic carbocycles. The van der Waals surface area contributed by atoms with Crippen molar-refractivity contribution in [3.05, 3.63) is 0 Å². The Balaban J connectivity index is 2.67. The van der Waals surface area contributed by atoms with E-state index in [9.17, 15) is 14.4 Å². The van der Waals surface area contributed by atoms with Crippen LogP contribution in [-0.4, -0.2) is 48.9 Å². The second kappa shape index (κ2) is 5.65. The molecule has 0 saturated carbocycles. The number of nitrogens with zero attached hydrogens (tertiary/aromatic N) is 1. The van der Waals surface area contributed by atoms with Gasteiger partial charge < -0.3 is 15.0 Å². The number of hydrogen-bond acceptors (Lipinski definition) is 4. The van der Waals surface area contributed by atoms with E-state index in [0.717, 1.165) is 0 Å². The minimum Gasteiger partial charge on any atom is -0.453 e. The van der Waals surface area contributed by atoms with E-state index >= 15 is 0 Å². The van der Waals surface area contributed by atoms with Crippen molar-refractivity contribution in [2.45, 2.75) is 26.3 Å². The maximum atomic E-state index is 12.1. The van der Waals surface area contributed by atoms with Gasteiger partial charge in [0, 0.05) is 13.0 Å². The molecule has 1 aliphatic heterocycles. The average Bonchev–Trinajstić information content (AvgIpc) is 2.71. The topological polar surface area (TPSA) is 75.7 Å². The lowest BCUT2D eigenvalue weighted by atomic mass is 10.0. The molecule has 0 spiro atoms. The number of rotatable bonds is 3. The van der Waals surface area contributed by atoms with Crippen LogP contribution in [-0.2, 0) is 14.3 Å². The molecule has 0 aromatic carbocycles. The lowest BCUT2D eigenvalue weighted by molar-refractivity contribution is -0.134. The third-order valence-electron chi connectivity index (χ3n) is 2.73. The molecule has 1 unspecified atom stereocenters. The van der Waals surface area contributed by atoms with Crippen LogP contribution in [0, 0.1) is 5.92 Å². The fourth-order valence-electron chi connectivity index (χ4n) is 1.71. The van der Waals surface area contributed by atoms with Crippen molar-refractivity contribution in [1.82, 2.24) is 10.2 Å². The molecule has 6 nitrogen and oxygen atoms in total. The van der Waals surface area contributed by atoms with E-state index in [1.807, 2.05) is 13.8 Å². The molecule has 1 N–H and O–H groups in total. The molecule has 6 heteroatoms. The van der Waals surface area contributed by atoms with E-state index in [2.05, 4.69) is 10.1 Å². The fraction of sp³-hybridized carbons (Fsp3) is 0.727. The minimum atomic E-state index is -0.645. The van der Waals surface area contributed by atoms with Crippen LogP contribution in [0.1, 0.15) is 20.3 Å². The van der Waals surface area contributed by atoms with Gasteiger partial charge >= 0.3 is 6.09 Å². The van der Waals surface area contributed by atoms with Gasteiger partial charge in [-0.15, -0.1) is 0 Å². The van der Waals surface area contributed by atoms with E-state index in [-0.39, 0.29) is 24.2 Å². The summed E-state index contributed by atoms with van der Waals surface area (Å²) in [5, 5.41) is 2.49. The number of carbonyl (C=O) groups is 3. The van der Waals surface area contributed by atoms with Crippen LogP contribution < -0.4 is 5.32 Å². The number of alkyl carbamates (subject to hydrolysis) is 1. The van der Waals surface area contributed by atoms with Crippen molar-refractivity contribution in [3.63, 3.8) is 0 Å². The molecule has 0 aromatic heterocycles. The van der Waals surface area contributed by atoms with Crippen LogP contribution in [0.2, 0.25) is 0 Å². The number of Topliss-reactive ketones (excluding diaryl/α,β-unsaturated/α-hetero) is 1. The van der Waals surface area contributed by atoms with Crippen molar-refractivity contribution in [3.8, 4) is 0 Å². The summed E-state index contributed by atoms with van der Waals surface area (Å²) in [6, 6.07) is -0.645. The molecule has 96 valence electrons. The monoisotopic (exact) mass is 242 g/mol. The van der Waals surface area contributed by atoms with E-state index < -0.39 is 12.1 Å². The molecule has 1 atom stereocenters. The Hall–Kier alpha value is -1.59. The van der Waals surface area contributed by atoms with Gasteiger partial charge in [-0.2, -0.15) is 0 Å². The summed E-state index contributed by atoms with van der Waals surface area (Å²) < 4.78 is 4.48. The normalized spacial score (nSPS) is 17.2. The van der Waals surface area contributed by atoms with Crippen molar-refractivity contribution in [2.24, 2.45) is 5.92 Å². The Morgan fingerprint density at radius 1 is 1.41 bits per heavy atom. The number of methoxy groups -OCH3 is 1. The Kier molecular flexibility index (Phi) is 4.48. The molecule has 1 rings (SSSR count). The lowest BCUT2D eigenvalue weighted by Gasteiger charge is -2.25. The number of hydrogen-bond donors (Lipinski definition) is 1. The second-order valence-corrected chi connectivity index (χ2v) is 4.41. The largest absolute Gasteiger partial charge is 0.453 e. The van der Waals surface area contributed by atoms with E-state index in [4.69, 9.17) is 0 Å². The molecule has 0 aromatic rings. The van der Waals surface area contributed by atoms with Crippen molar-refractivity contribution < 1.29 is 19.1 Å². The first-order chi connectivity index (χ1) is 7.95. The summed E-state index contributed by atoms with van der Waals surface area (Å²) in [4.78, 5) is 35.8. The van der Waals surface area contributed by atoms with Gasteiger partial charge in [-0.05, 0) is 5.92 Å². The van der Waals surface area contributed by atoms with Crippen LogP contribution in [0.4, 0.5) is 4.79 Å². The highest BCUT2D eigenvalue weighted by molar-refractivity contribution is 5.92. The Bertz CT molecular complexity index is 327. The number of nitrogens with one attached hydrogen (secondary N) is 1. The molecule has 2 amide bonds. The molecule has 1 aliphatic rings. The van der Waals surface area contributed by atoms with Crippen molar-refractivity contribution in [1.29, 1.82) is 0 Å².